The van der Waals surface area contributed by atoms with Crippen molar-refractivity contribution >= 4 is 33.2 Å². The predicted molar refractivity (Wildman–Crippen MR) is 101 cm³/mol. The number of hydrogen-bond donors (Lipinski definition) is 1. The number of rotatable bonds is 5. The first-order valence-electron chi connectivity index (χ1n) is 8.45. The van der Waals surface area contributed by atoms with Gasteiger partial charge in [-0.2, -0.15) is 0 Å². The second kappa shape index (κ2) is 7.40. The molecule has 2 aromatic rings. The molecule has 1 aliphatic rings. The van der Waals surface area contributed by atoms with Crippen molar-refractivity contribution in [2.75, 3.05) is 16.7 Å². The van der Waals surface area contributed by atoms with E-state index in [-0.39, 0.29) is 41.0 Å². The Labute approximate surface area is 158 Å². The summed E-state index contributed by atoms with van der Waals surface area (Å²) in [6, 6.07) is 11.1. The number of nitrogens with one attached hydrogen (secondary N) is 1. The fourth-order valence-corrected chi connectivity index (χ4v) is 4.14. The number of imide groups is 1. The summed E-state index contributed by atoms with van der Waals surface area (Å²) < 4.78 is 33.4. The van der Waals surface area contributed by atoms with Crippen LogP contribution in [0, 0.1) is 6.92 Å². The second-order valence-corrected chi connectivity index (χ2v) is 7.93. The molecule has 0 atom stereocenters. The number of methoxy groups -OCH3 is 1. The molecule has 1 aliphatic heterocycles. The number of anilines is 2. The van der Waals surface area contributed by atoms with Crippen LogP contribution in [-0.4, -0.2) is 27.3 Å². The van der Waals surface area contributed by atoms with Crippen molar-refractivity contribution in [1.29, 1.82) is 0 Å². The maximum atomic E-state index is 12.9. The molecule has 27 heavy (non-hydrogen) atoms. The van der Waals surface area contributed by atoms with Gasteiger partial charge in [-0.15, -0.1) is 0 Å². The van der Waals surface area contributed by atoms with Crippen LogP contribution in [0.5, 0.6) is 5.75 Å². The molecule has 0 saturated carbocycles. The Hall–Kier alpha value is -2.87. The molecule has 0 unspecified atom stereocenters. The number of aryl methyl sites for hydroxylation is 1. The number of hydrogen-bond acceptors (Lipinski definition) is 5. The van der Waals surface area contributed by atoms with Gasteiger partial charge in [-0.25, -0.2) is 8.42 Å². The minimum absolute atomic E-state index is 0.121. The Morgan fingerprint density at radius 3 is 2.22 bits per heavy atom. The number of benzene rings is 2. The van der Waals surface area contributed by atoms with Crippen LogP contribution in [0.1, 0.15) is 24.8 Å². The summed E-state index contributed by atoms with van der Waals surface area (Å²) >= 11 is 0. The normalized spacial score (nSPS) is 15.0. The van der Waals surface area contributed by atoms with E-state index in [2.05, 4.69) is 4.72 Å². The summed E-state index contributed by atoms with van der Waals surface area (Å²) in [5.41, 5.74) is 1.62. The Bertz CT molecular complexity index is 968. The molecule has 0 spiro atoms. The fourth-order valence-electron chi connectivity index (χ4n) is 2.89. The molecule has 1 saturated heterocycles. The third kappa shape index (κ3) is 3.95. The van der Waals surface area contributed by atoms with Gasteiger partial charge in [-0.3, -0.25) is 19.2 Å². The summed E-state index contributed by atoms with van der Waals surface area (Å²) in [5, 5.41) is 0. The number of carbonyl (C=O) groups excluding carboxylic acids is 2. The van der Waals surface area contributed by atoms with E-state index >= 15 is 0 Å². The van der Waals surface area contributed by atoms with E-state index in [0.717, 1.165) is 10.5 Å². The summed E-state index contributed by atoms with van der Waals surface area (Å²) in [5.74, 6) is -0.562. The van der Waals surface area contributed by atoms with Crippen molar-refractivity contribution in [3.05, 3.63) is 48.0 Å². The first kappa shape index (κ1) is 18.9. The van der Waals surface area contributed by atoms with E-state index in [1.165, 1.54) is 25.3 Å². The molecule has 1 N–H and O–H groups in total. The zero-order valence-corrected chi connectivity index (χ0v) is 15.9. The van der Waals surface area contributed by atoms with Crippen LogP contribution in [-0.2, 0) is 19.6 Å². The monoisotopic (exact) mass is 388 g/mol. The first-order chi connectivity index (χ1) is 12.8. The predicted octanol–water partition coefficient (Wildman–Crippen LogP) is 2.85. The van der Waals surface area contributed by atoms with Crippen LogP contribution < -0.4 is 14.4 Å². The van der Waals surface area contributed by atoms with E-state index in [1.807, 2.05) is 6.92 Å². The molecule has 142 valence electrons. The van der Waals surface area contributed by atoms with Crippen LogP contribution in [0.2, 0.25) is 0 Å². The van der Waals surface area contributed by atoms with Gasteiger partial charge in [-0.05, 0) is 43.7 Å². The van der Waals surface area contributed by atoms with Gasteiger partial charge in [0, 0.05) is 18.5 Å². The highest BCUT2D eigenvalue weighted by Gasteiger charge is 2.29. The number of sulfonamides is 1. The maximum absolute atomic E-state index is 12.9. The number of ether oxygens (including phenoxy) is 1. The first-order valence-corrected chi connectivity index (χ1v) is 9.93. The fraction of sp³-hybridized carbons (Fsp3) is 0.263. The molecule has 1 heterocycles. The lowest BCUT2D eigenvalue weighted by molar-refractivity contribution is -0.129. The lowest BCUT2D eigenvalue weighted by Gasteiger charge is -2.25. The van der Waals surface area contributed by atoms with Crippen molar-refractivity contribution in [3.63, 3.8) is 0 Å². The van der Waals surface area contributed by atoms with Crippen molar-refractivity contribution in [3.8, 4) is 5.75 Å². The van der Waals surface area contributed by atoms with Crippen LogP contribution in [0.4, 0.5) is 11.4 Å². The molecule has 2 aromatic carbocycles. The number of amides is 2. The third-order valence-electron chi connectivity index (χ3n) is 4.28. The van der Waals surface area contributed by atoms with Crippen LogP contribution in [0.25, 0.3) is 0 Å². The van der Waals surface area contributed by atoms with Gasteiger partial charge in [0.25, 0.3) is 10.0 Å². The van der Waals surface area contributed by atoms with E-state index in [0.29, 0.717) is 12.1 Å². The van der Waals surface area contributed by atoms with Crippen molar-refractivity contribution in [1.82, 2.24) is 0 Å². The largest absolute Gasteiger partial charge is 0.495 e. The van der Waals surface area contributed by atoms with Crippen molar-refractivity contribution in [2.45, 2.75) is 31.1 Å². The average Bonchev–Trinajstić information content (AvgIpc) is 2.63. The number of carbonyl (C=O) groups is 2. The molecule has 1 fully saturated rings. The van der Waals surface area contributed by atoms with Gasteiger partial charge in [0.05, 0.1) is 12.8 Å². The summed E-state index contributed by atoms with van der Waals surface area (Å²) in [7, 11) is -2.63. The maximum Gasteiger partial charge on any atom is 0.265 e. The van der Waals surface area contributed by atoms with E-state index in [9.17, 15) is 18.0 Å². The summed E-state index contributed by atoms with van der Waals surface area (Å²) in [4.78, 5) is 25.2. The Kier molecular flexibility index (Phi) is 5.18. The molecule has 2 amide bonds. The standard InChI is InChI=1S/C19H20N2O5S/c1-13-6-8-14(9-7-13)20-27(24,25)17-12-15(10-11-16(17)26-2)21-18(22)4-3-5-19(21)23/h6-12,20H,3-5H2,1-2H3. The van der Waals surface area contributed by atoms with Crippen LogP contribution in [0.3, 0.4) is 0 Å². The highest BCUT2D eigenvalue weighted by molar-refractivity contribution is 7.92. The van der Waals surface area contributed by atoms with E-state index < -0.39 is 10.0 Å². The lowest BCUT2D eigenvalue weighted by atomic mass is 10.1. The van der Waals surface area contributed by atoms with Crippen molar-refractivity contribution in [2.24, 2.45) is 0 Å². The quantitative estimate of drug-likeness (QED) is 0.795. The van der Waals surface area contributed by atoms with Crippen LogP contribution >= 0.6 is 0 Å². The second-order valence-electron chi connectivity index (χ2n) is 6.28. The number of piperidine rings is 1. The Balaban J connectivity index is 2.01. The topological polar surface area (TPSA) is 92.8 Å². The Morgan fingerprint density at radius 2 is 1.63 bits per heavy atom. The highest BCUT2D eigenvalue weighted by Crippen LogP contribution is 2.32. The molecular formula is C19H20N2O5S. The van der Waals surface area contributed by atoms with Crippen molar-refractivity contribution < 1.29 is 22.7 Å². The van der Waals surface area contributed by atoms with Gasteiger partial charge in [0.2, 0.25) is 11.8 Å². The van der Waals surface area contributed by atoms with Gasteiger partial charge >= 0.3 is 0 Å². The summed E-state index contributed by atoms with van der Waals surface area (Å²) in [6.45, 7) is 1.90. The molecule has 3 rings (SSSR count). The van der Waals surface area contributed by atoms with E-state index in [4.69, 9.17) is 4.74 Å². The van der Waals surface area contributed by atoms with Gasteiger partial charge in [0.1, 0.15) is 10.6 Å². The van der Waals surface area contributed by atoms with E-state index in [1.54, 1.807) is 24.3 Å². The number of nitrogens with zero attached hydrogens (tertiary/aromatic N) is 1. The SMILES string of the molecule is COc1ccc(N2C(=O)CCCC2=O)cc1S(=O)(=O)Nc1ccc(C)cc1. The minimum atomic E-state index is -3.99. The molecule has 7 nitrogen and oxygen atoms in total. The third-order valence-corrected chi connectivity index (χ3v) is 5.68. The smallest absolute Gasteiger partial charge is 0.265 e. The zero-order chi connectivity index (χ0) is 19.6. The van der Waals surface area contributed by atoms with Gasteiger partial charge in [-0.1, -0.05) is 17.7 Å². The van der Waals surface area contributed by atoms with Crippen LogP contribution in [0.15, 0.2) is 47.4 Å². The van der Waals surface area contributed by atoms with Gasteiger partial charge < -0.3 is 4.74 Å². The highest BCUT2D eigenvalue weighted by atomic mass is 32.2. The molecule has 0 radical (unpaired) electrons. The minimum Gasteiger partial charge on any atom is -0.495 e. The zero-order valence-electron chi connectivity index (χ0n) is 15.1. The van der Waals surface area contributed by atoms with Gasteiger partial charge in [0.15, 0.2) is 0 Å². The molecule has 0 aromatic heterocycles. The molecular weight excluding hydrogens is 368 g/mol. The lowest BCUT2D eigenvalue weighted by Crippen LogP contribution is -2.40. The average molecular weight is 388 g/mol. The molecule has 0 aliphatic carbocycles. The Morgan fingerprint density at radius 1 is 1.00 bits per heavy atom. The molecule has 8 heteroatoms. The molecule has 0 bridgehead atoms. The summed E-state index contributed by atoms with van der Waals surface area (Å²) in [6.07, 6.45) is 1.01.